The van der Waals surface area contributed by atoms with Crippen molar-refractivity contribution in [1.82, 2.24) is 10.9 Å². The number of amides is 2. The van der Waals surface area contributed by atoms with Gasteiger partial charge in [0.05, 0.1) is 10.0 Å². The van der Waals surface area contributed by atoms with E-state index in [2.05, 4.69) is 16.2 Å². The predicted octanol–water partition coefficient (Wildman–Crippen LogP) is 3.82. The topological polar surface area (TPSA) is 53.2 Å². The van der Waals surface area contributed by atoms with Crippen LogP contribution in [0.1, 0.15) is 5.56 Å². The van der Waals surface area contributed by atoms with E-state index in [0.29, 0.717) is 22.3 Å². The zero-order chi connectivity index (χ0) is 14.4. The van der Waals surface area contributed by atoms with E-state index in [1.807, 2.05) is 30.3 Å². The molecule has 0 radical (unpaired) electrons. The van der Waals surface area contributed by atoms with Gasteiger partial charge in [0.15, 0.2) is 0 Å². The van der Waals surface area contributed by atoms with Crippen LogP contribution in [0.5, 0.6) is 0 Å². The highest BCUT2D eigenvalue weighted by molar-refractivity contribution is 6.42. The molecule has 0 aromatic heterocycles. The average Bonchev–Trinajstić information content (AvgIpc) is 2.44. The van der Waals surface area contributed by atoms with Crippen LogP contribution in [0.4, 0.5) is 10.5 Å². The van der Waals surface area contributed by atoms with Gasteiger partial charge >= 0.3 is 6.03 Å². The van der Waals surface area contributed by atoms with Gasteiger partial charge in [0.1, 0.15) is 0 Å². The second-order valence-electron chi connectivity index (χ2n) is 4.05. The van der Waals surface area contributed by atoms with Crippen LogP contribution >= 0.6 is 23.2 Å². The molecule has 0 unspecified atom stereocenters. The summed E-state index contributed by atoms with van der Waals surface area (Å²) in [6.45, 7) is 0.537. The van der Waals surface area contributed by atoms with E-state index in [9.17, 15) is 4.79 Å². The van der Waals surface area contributed by atoms with E-state index in [1.165, 1.54) is 0 Å². The van der Waals surface area contributed by atoms with Crippen LogP contribution in [-0.2, 0) is 6.54 Å². The molecule has 0 aliphatic carbocycles. The van der Waals surface area contributed by atoms with Gasteiger partial charge in [0.2, 0.25) is 0 Å². The molecule has 0 aliphatic rings. The number of nitrogens with one attached hydrogen (secondary N) is 3. The first kappa shape index (κ1) is 14.7. The fourth-order valence-corrected chi connectivity index (χ4v) is 1.86. The third-order valence-corrected chi connectivity index (χ3v) is 3.25. The molecule has 2 amide bonds. The first-order chi connectivity index (χ1) is 9.65. The molecule has 2 rings (SSSR count). The molecule has 20 heavy (non-hydrogen) atoms. The predicted molar refractivity (Wildman–Crippen MR) is 81.9 cm³/mol. The van der Waals surface area contributed by atoms with Gasteiger partial charge in [0.25, 0.3) is 0 Å². The Hall–Kier alpha value is -1.75. The minimum atomic E-state index is -0.376. The number of urea groups is 1. The first-order valence-electron chi connectivity index (χ1n) is 5.94. The van der Waals surface area contributed by atoms with Crippen molar-refractivity contribution in [1.29, 1.82) is 0 Å². The normalized spacial score (nSPS) is 10.1. The van der Waals surface area contributed by atoms with Crippen molar-refractivity contribution < 1.29 is 4.79 Å². The number of hydrazine groups is 1. The molecule has 4 nitrogen and oxygen atoms in total. The van der Waals surface area contributed by atoms with Crippen molar-refractivity contribution in [2.45, 2.75) is 6.54 Å². The van der Waals surface area contributed by atoms with Crippen LogP contribution in [0.2, 0.25) is 10.0 Å². The largest absolute Gasteiger partial charge is 0.333 e. The number of halogens is 2. The van der Waals surface area contributed by atoms with Crippen LogP contribution in [0, 0.1) is 0 Å². The maximum Gasteiger partial charge on any atom is 0.333 e. The maximum atomic E-state index is 11.6. The summed E-state index contributed by atoms with van der Waals surface area (Å²) in [7, 11) is 0. The Labute approximate surface area is 127 Å². The summed E-state index contributed by atoms with van der Waals surface area (Å²) in [4.78, 5) is 11.6. The standard InChI is InChI=1S/C14H13Cl2N3O/c15-12-7-6-11(8-13(12)16)18-14(20)19-17-9-10-4-2-1-3-5-10/h1-8,17H,9H2,(H2,18,19,20). The SMILES string of the molecule is O=C(NNCc1ccccc1)Nc1ccc(Cl)c(Cl)c1. The number of carbonyl (C=O) groups excluding carboxylic acids is 1. The van der Waals surface area contributed by atoms with E-state index >= 15 is 0 Å². The summed E-state index contributed by atoms with van der Waals surface area (Å²) < 4.78 is 0. The number of hydrogen-bond acceptors (Lipinski definition) is 2. The molecule has 0 heterocycles. The van der Waals surface area contributed by atoms with Crippen molar-refractivity contribution in [2.24, 2.45) is 0 Å². The third kappa shape index (κ3) is 4.42. The molecule has 3 N–H and O–H groups in total. The molecule has 104 valence electrons. The molecular weight excluding hydrogens is 297 g/mol. The smallest absolute Gasteiger partial charge is 0.307 e. The quantitative estimate of drug-likeness (QED) is 0.752. The van der Waals surface area contributed by atoms with Gasteiger partial charge in [-0.05, 0) is 23.8 Å². The number of rotatable bonds is 4. The number of benzene rings is 2. The molecule has 0 fully saturated rings. The highest BCUT2D eigenvalue weighted by Gasteiger charge is 2.03. The molecule has 0 atom stereocenters. The summed E-state index contributed by atoms with van der Waals surface area (Å²) in [5.41, 5.74) is 7.00. The summed E-state index contributed by atoms with van der Waals surface area (Å²) in [6.07, 6.45) is 0. The van der Waals surface area contributed by atoms with E-state index < -0.39 is 0 Å². The zero-order valence-electron chi connectivity index (χ0n) is 10.5. The Morgan fingerprint density at radius 1 is 1.00 bits per heavy atom. The molecule has 0 saturated carbocycles. The van der Waals surface area contributed by atoms with Crippen molar-refractivity contribution in [3.63, 3.8) is 0 Å². The van der Waals surface area contributed by atoms with Gasteiger partial charge in [0, 0.05) is 12.2 Å². The fourth-order valence-electron chi connectivity index (χ4n) is 1.56. The van der Waals surface area contributed by atoms with Gasteiger partial charge in [-0.3, -0.25) is 5.43 Å². The Morgan fingerprint density at radius 3 is 2.45 bits per heavy atom. The van der Waals surface area contributed by atoms with Crippen LogP contribution in [0.3, 0.4) is 0 Å². The Bertz CT molecular complexity index is 590. The van der Waals surface area contributed by atoms with Crippen LogP contribution in [0.25, 0.3) is 0 Å². The Balaban J connectivity index is 1.79. The summed E-state index contributed by atoms with van der Waals surface area (Å²) >= 11 is 11.7. The van der Waals surface area contributed by atoms with Crippen LogP contribution in [0.15, 0.2) is 48.5 Å². The average molecular weight is 310 g/mol. The zero-order valence-corrected chi connectivity index (χ0v) is 12.0. The van der Waals surface area contributed by atoms with E-state index in [4.69, 9.17) is 23.2 Å². The second-order valence-corrected chi connectivity index (χ2v) is 4.86. The van der Waals surface area contributed by atoms with Crippen LogP contribution < -0.4 is 16.2 Å². The minimum Gasteiger partial charge on any atom is -0.307 e. The number of hydrogen-bond donors (Lipinski definition) is 3. The lowest BCUT2D eigenvalue weighted by Crippen LogP contribution is -2.39. The highest BCUT2D eigenvalue weighted by atomic mass is 35.5. The molecule has 0 saturated heterocycles. The lowest BCUT2D eigenvalue weighted by Gasteiger charge is -2.09. The number of anilines is 1. The van der Waals surface area contributed by atoms with Crippen molar-refractivity contribution in [3.05, 3.63) is 64.1 Å². The Morgan fingerprint density at radius 2 is 1.75 bits per heavy atom. The molecule has 0 aliphatic heterocycles. The van der Waals surface area contributed by atoms with Crippen molar-refractivity contribution >= 4 is 34.9 Å². The number of carbonyl (C=O) groups is 1. The van der Waals surface area contributed by atoms with Gasteiger partial charge in [-0.1, -0.05) is 53.5 Å². The molecule has 6 heteroatoms. The monoisotopic (exact) mass is 309 g/mol. The van der Waals surface area contributed by atoms with Crippen molar-refractivity contribution in [3.8, 4) is 0 Å². The van der Waals surface area contributed by atoms with E-state index in [1.54, 1.807) is 18.2 Å². The molecular formula is C14H13Cl2N3O. The summed E-state index contributed by atoms with van der Waals surface area (Å²) in [6, 6.07) is 14.2. The van der Waals surface area contributed by atoms with Gasteiger partial charge < -0.3 is 5.32 Å². The summed E-state index contributed by atoms with van der Waals surface area (Å²) in [5.74, 6) is 0. The van der Waals surface area contributed by atoms with Gasteiger partial charge in [-0.2, -0.15) is 0 Å². The van der Waals surface area contributed by atoms with E-state index in [-0.39, 0.29) is 6.03 Å². The lowest BCUT2D eigenvalue weighted by molar-refractivity contribution is 0.248. The van der Waals surface area contributed by atoms with E-state index in [0.717, 1.165) is 5.56 Å². The Kier molecular flexibility index (Phi) is 5.24. The summed E-state index contributed by atoms with van der Waals surface area (Å²) in [5, 5.41) is 3.48. The molecule has 0 spiro atoms. The van der Waals surface area contributed by atoms with Gasteiger partial charge in [-0.15, -0.1) is 0 Å². The first-order valence-corrected chi connectivity index (χ1v) is 6.69. The lowest BCUT2D eigenvalue weighted by atomic mass is 10.2. The van der Waals surface area contributed by atoms with Crippen molar-refractivity contribution in [2.75, 3.05) is 5.32 Å². The molecule has 0 bridgehead atoms. The second kappa shape index (κ2) is 7.14. The molecule has 2 aromatic carbocycles. The molecule has 2 aromatic rings. The fraction of sp³-hybridized carbons (Fsp3) is 0.0714. The third-order valence-electron chi connectivity index (χ3n) is 2.51. The van der Waals surface area contributed by atoms with Gasteiger partial charge in [-0.25, -0.2) is 10.2 Å². The maximum absolute atomic E-state index is 11.6. The highest BCUT2D eigenvalue weighted by Crippen LogP contribution is 2.24. The van der Waals surface area contributed by atoms with Crippen LogP contribution in [-0.4, -0.2) is 6.03 Å². The minimum absolute atomic E-state index is 0.376.